The van der Waals surface area contributed by atoms with Crippen LogP contribution in [0.3, 0.4) is 0 Å². The number of ether oxygens (including phenoxy) is 1. The molecule has 2 unspecified atom stereocenters. The third-order valence-corrected chi connectivity index (χ3v) is 11.7. The standard InChI is InChI=1S/C52H99NO5/c1-3-5-7-9-11-13-15-17-22-26-30-34-38-42-46-52(57)58-47-43-39-35-31-27-23-20-18-19-21-25-29-33-37-41-45-51(56)53-49(48-54)50(55)44-40-36-32-28-24-16-14-12-10-8-6-4-2/h20,23,40,44,49-50,54-55H,3-19,21-22,24-39,41-43,45-48H2,1-2H3,(H,53,56)/b23-20-,44-40+. The van der Waals surface area contributed by atoms with Crippen molar-refractivity contribution in [3.8, 4) is 0 Å². The molecule has 1 amide bonds. The molecule has 0 heterocycles. The summed E-state index contributed by atoms with van der Waals surface area (Å²) in [5.41, 5.74) is 0. The van der Waals surface area contributed by atoms with Gasteiger partial charge in [0.15, 0.2) is 0 Å². The molecule has 0 aromatic rings. The van der Waals surface area contributed by atoms with Crippen molar-refractivity contribution in [1.82, 2.24) is 5.32 Å². The predicted molar refractivity (Wildman–Crippen MR) is 250 cm³/mol. The van der Waals surface area contributed by atoms with E-state index in [1.165, 1.54) is 173 Å². The third-order valence-electron chi connectivity index (χ3n) is 11.7. The van der Waals surface area contributed by atoms with E-state index in [9.17, 15) is 19.8 Å². The molecule has 0 aliphatic rings. The summed E-state index contributed by atoms with van der Waals surface area (Å²) >= 11 is 0. The van der Waals surface area contributed by atoms with E-state index >= 15 is 0 Å². The third kappa shape index (κ3) is 43.9. The molecule has 0 fully saturated rings. The van der Waals surface area contributed by atoms with Crippen molar-refractivity contribution in [3.63, 3.8) is 0 Å². The van der Waals surface area contributed by atoms with Gasteiger partial charge >= 0.3 is 5.97 Å². The second-order valence-electron chi connectivity index (χ2n) is 17.5. The molecule has 342 valence electrons. The number of carbonyl (C=O) groups is 2. The second kappa shape index (κ2) is 48.0. The summed E-state index contributed by atoms with van der Waals surface area (Å²) in [5.74, 6) is -0.0935. The first-order valence-corrected chi connectivity index (χ1v) is 25.6. The summed E-state index contributed by atoms with van der Waals surface area (Å²) in [6.45, 7) is 4.86. The van der Waals surface area contributed by atoms with Crippen LogP contribution in [0.25, 0.3) is 0 Å². The predicted octanol–water partition coefficient (Wildman–Crippen LogP) is 15.1. The number of hydrogen-bond acceptors (Lipinski definition) is 5. The molecular formula is C52H99NO5. The number of hydrogen-bond donors (Lipinski definition) is 3. The Kier molecular flexibility index (Phi) is 46.6. The molecule has 0 aromatic carbocycles. The van der Waals surface area contributed by atoms with Gasteiger partial charge in [0.25, 0.3) is 0 Å². The fourth-order valence-electron chi connectivity index (χ4n) is 7.74. The van der Waals surface area contributed by atoms with Crippen molar-refractivity contribution in [1.29, 1.82) is 0 Å². The molecule has 0 saturated heterocycles. The maximum absolute atomic E-state index is 12.4. The number of carbonyl (C=O) groups excluding carboxylic acids is 2. The summed E-state index contributed by atoms with van der Waals surface area (Å²) in [6.07, 6.45) is 56.0. The molecule has 0 aliphatic heterocycles. The normalized spacial score (nSPS) is 12.8. The van der Waals surface area contributed by atoms with Gasteiger partial charge in [0.05, 0.1) is 25.4 Å². The highest BCUT2D eigenvalue weighted by Crippen LogP contribution is 2.15. The molecule has 58 heavy (non-hydrogen) atoms. The second-order valence-corrected chi connectivity index (χ2v) is 17.5. The first-order valence-electron chi connectivity index (χ1n) is 25.6. The Morgan fingerprint density at radius 1 is 0.466 bits per heavy atom. The largest absolute Gasteiger partial charge is 0.466 e. The first-order chi connectivity index (χ1) is 28.5. The van der Waals surface area contributed by atoms with Crippen molar-refractivity contribution >= 4 is 11.9 Å². The van der Waals surface area contributed by atoms with Gasteiger partial charge in [-0.1, -0.05) is 224 Å². The lowest BCUT2D eigenvalue weighted by atomic mass is 10.0. The van der Waals surface area contributed by atoms with Gasteiger partial charge in [0, 0.05) is 12.8 Å². The fraction of sp³-hybridized carbons (Fsp3) is 0.885. The molecular weight excluding hydrogens is 719 g/mol. The Balaban J connectivity index is 3.49. The van der Waals surface area contributed by atoms with Crippen LogP contribution in [-0.2, 0) is 14.3 Å². The number of allylic oxidation sites excluding steroid dienone is 3. The lowest BCUT2D eigenvalue weighted by molar-refractivity contribution is -0.143. The summed E-state index contributed by atoms with van der Waals surface area (Å²) in [4.78, 5) is 24.4. The fourth-order valence-corrected chi connectivity index (χ4v) is 7.74. The van der Waals surface area contributed by atoms with Crippen LogP contribution < -0.4 is 5.32 Å². The molecule has 0 spiro atoms. The maximum atomic E-state index is 12.4. The van der Waals surface area contributed by atoms with E-state index in [1.807, 2.05) is 6.08 Å². The van der Waals surface area contributed by atoms with E-state index in [0.29, 0.717) is 19.4 Å². The number of aliphatic hydroxyl groups excluding tert-OH is 2. The molecule has 2 atom stereocenters. The van der Waals surface area contributed by atoms with Gasteiger partial charge < -0.3 is 20.3 Å². The van der Waals surface area contributed by atoms with Crippen LogP contribution in [0.2, 0.25) is 0 Å². The molecule has 0 saturated carbocycles. The molecule has 0 aromatic heterocycles. The molecule has 0 rings (SSSR count). The van der Waals surface area contributed by atoms with Gasteiger partial charge in [-0.3, -0.25) is 9.59 Å². The summed E-state index contributed by atoms with van der Waals surface area (Å²) in [6, 6.07) is -0.637. The number of nitrogens with one attached hydrogen (secondary N) is 1. The van der Waals surface area contributed by atoms with Crippen LogP contribution in [0, 0.1) is 0 Å². The van der Waals surface area contributed by atoms with Gasteiger partial charge in [0.2, 0.25) is 5.91 Å². The van der Waals surface area contributed by atoms with Crippen molar-refractivity contribution in [2.75, 3.05) is 13.2 Å². The van der Waals surface area contributed by atoms with Gasteiger partial charge in [-0.15, -0.1) is 0 Å². The van der Waals surface area contributed by atoms with E-state index in [2.05, 4.69) is 31.3 Å². The SMILES string of the molecule is CCCCCCCCCCCC/C=C/C(O)C(CO)NC(=O)CCCCCCCCC/C=C\CCCCCCOC(=O)CCCCCCCCCCCCCCCC. The van der Waals surface area contributed by atoms with E-state index in [1.54, 1.807) is 6.08 Å². The highest BCUT2D eigenvalue weighted by Gasteiger charge is 2.18. The minimum Gasteiger partial charge on any atom is -0.466 e. The van der Waals surface area contributed by atoms with Crippen molar-refractivity contribution < 1.29 is 24.5 Å². The van der Waals surface area contributed by atoms with Gasteiger partial charge in [0.1, 0.15) is 0 Å². The zero-order valence-corrected chi connectivity index (χ0v) is 38.8. The van der Waals surface area contributed by atoms with E-state index < -0.39 is 12.1 Å². The van der Waals surface area contributed by atoms with Crippen molar-refractivity contribution in [3.05, 3.63) is 24.3 Å². The van der Waals surface area contributed by atoms with Crippen molar-refractivity contribution in [2.24, 2.45) is 0 Å². The summed E-state index contributed by atoms with van der Waals surface area (Å²) in [5, 5.41) is 23.0. The quantitative estimate of drug-likeness (QED) is 0.0323. The Hall–Kier alpha value is -1.66. The maximum Gasteiger partial charge on any atom is 0.305 e. The average Bonchev–Trinajstić information content (AvgIpc) is 3.22. The monoisotopic (exact) mass is 818 g/mol. The van der Waals surface area contributed by atoms with E-state index in [4.69, 9.17) is 4.74 Å². The lowest BCUT2D eigenvalue weighted by Gasteiger charge is -2.20. The van der Waals surface area contributed by atoms with Gasteiger partial charge in [-0.2, -0.15) is 0 Å². The number of unbranched alkanes of at least 4 members (excludes halogenated alkanes) is 34. The van der Waals surface area contributed by atoms with E-state index in [0.717, 1.165) is 70.6 Å². The number of rotatable bonds is 47. The van der Waals surface area contributed by atoms with Crippen molar-refractivity contribution in [2.45, 2.75) is 283 Å². The minimum absolute atomic E-state index is 0.00944. The molecule has 0 radical (unpaired) electrons. The number of amides is 1. The van der Waals surface area contributed by atoms with Crippen LogP contribution in [-0.4, -0.2) is 47.4 Å². The zero-order valence-electron chi connectivity index (χ0n) is 38.8. The molecule has 6 heteroatoms. The van der Waals surface area contributed by atoms with Gasteiger partial charge in [-0.25, -0.2) is 0 Å². The topological polar surface area (TPSA) is 95.9 Å². The van der Waals surface area contributed by atoms with Crippen LogP contribution in [0.1, 0.15) is 271 Å². The minimum atomic E-state index is -0.852. The zero-order chi connectivity index (χ0) is 42.3. The summed E-state index contributed by atoms with van der Waals surface area (Å²) < 4.78 is 5.45. The molecule has 0 aliphatic carbocycles. The van der Waals surface area contributed by atoms with Gasteiger partial charge in [-0.05, 0) is 57.8 Å². The highest BCUT2D eigenvalue weighted by molar-refractivity contribution is 5.76. The van der Waals surface area contributed by atoms with Crippen LogP contribution in [0.15, 0.2) is 24.3 Å². The van der Waals surface area contributed by atoms with E-state index in [-0.39, 0.29) is 18.5 Å². The Morgan fingerprint density at radius 3 is 1.22 bits per heavy atom. The highest BCUT2D eigenvalue weighted by atomic mass is 16.5. The number of aliphatic hydroxyl groups is 2. The smallest absolute Gasteiger partial charge is 0.305 e. The van der Waals surface area contributed by atoms with Crippen LogP contribution in [0.5, 0.6) is 0 Å². The molecule has 6 nitrogen and oxygen atoms in total. The average molecular weight is 818 g/mol. The van der Waals surface area contributed by atoms with Crippen LogP contribution >= 0.6 is 0 Å². The van der Waals surface area contributed by atoms with Crippen LogP contribution in [0.4, 0.5) is 0 Å². The first kappa shape index (κ1) is 56.3. The summed E-state index contributed by atoms with van der Waals surface area (Å²) in [7, 11) is 0. The molecule has 3 N–H and O–H groups in total. The Bertz CT molecular complexity index is 904. The number of esters is 1. The Labute approximate surface area is 361 Å². The lowest BCUT2D eigenvalue weighted by Crippen LogP contribution is -2.45. The molecule has 0 bridgehead atoms. The Morgan fingerprint density at radius 2 is 0.810 bits per heavy atom.